The maximum absolute atomic E-state index is 12.4. The zero-order chi connectivity index (χ0) is 17.3. The minimum Gasteiger partial charge on any atom is -0.326 e. The van der Waals surface area contributed by atoms with E-state index in [4.69, 9.17) is 0 Å². The topological polar surface area (TPSA) is 62.0 Å². The van der Waals surface area contributed by atoms with Crippen LogP contribution in [0.4, 0.5) is 5.69 Å². The van der Waals surface area contributed by atoms with Gasteiger partial charge in [0.05, 0.1) is 5.52 Å². The van der Waals surface area contributed by atoms with Gasteiger partial charge in [0.25, 0.3) is 0 Å². The number of H-pyrrole nitrogens is 1. The molecule has 0 aliphatic heterocycles. The van der Waals surface area contributed by atoms with Crippen molar-refractivity contribution in [3.8, 4) is 0 Å². The molecule has 1 aliphatic carbocycles. The van der Waals surface area contributed by atoms with Gasteiger partial charge in [-0.25, -0.2) is 0 Å². The fourth-order valence-corrected chi connectivity index (χ4v) is 3.23. The predicted octanol–water partition coefficient (Wildman–Crippen LogP) is 4.12. The van der Waals surface area contributed by atoms with Gasteiger partial charge in [0.2, 0.25) is 11.5 Å². The average molecular weight is 324 g/mol. The van der Waals surface area contributed by atoms with Crippen molar-refractivity contribution in [2.24, 2.45) is 5.92 Å². The van der Waals surface area contributed by atoms with Crippen LogP contribution < -0.4 is 10.9 Å². The molecule has 2 aromatic rings. The fraction of sp³-hybridized carbons (Fsp3) is 0.400. The van der Waals surface area contributed by atoms with E-state index in [9.17, 15) is 9.59 Å². The molecule has 0 radical (unpaired) electrons. The lowest BCUT2D eigenvalue weighted by atomic mass is 9.85. The minimum atomic E-state index is -0.119. The Balaban J connectivity index is 1.93. The van der Waals surface area contributed by atoms with E-state index in [2.05, 4.69) is 43.2 Å². The van der Waals surface area contributed by atoms with Gasteiger partial charge in [-0.2, -0.15) is 0 Å². The van der Waals surface area contributed by atoms with Crippen LogP contribution in [-0.2, 0) is 10.2 Å². The van der Waals surface area contributed by atoms with Gasteiger partial charge in [-0.05, 0) is 42.4 Å². The van der Waals surface area contributed by atoms with Crippen molar-refractivity contribution in [1.29, 1.82) is 0 Å². The first-order valence-electron chi connectivity index (χ1n) is 8.48. The van der Waals surface area contributed by atoms with E-state index in [1.54, 1.807) is 6.07 Å². The number of amides is 1. The molecular formula is C20H24N2O2. The largest absolute Gasteiger partial charge is 0.326 e. The molecule has 1 aliphatic rings. The van der Waals surface area contributed by atoms with Gasteiger partial charge < -0.3 is 10.3 Å². The van der Waals surface area contributed by atoms with Crippen LogP contribution in [0.25, 0.3) is 10.9 Å². The molecule has 0 bridgehead atoms. The Morgan fingerprint density at radius 3 is 2.67 bits per heavy atom. The highest BCUT2D eigenvalue weighted by atomic mass is 16.2. The van der Waals surface area contributed by atoms with Gasteiger partial charge in [-0.15, -0.1) is 0 Å². The lowest BCUT2D eigenvalue weighted by Crippen LogP contribution is -2.23. The Morgan fingerprint density at radius 1 is 1.21 bits per heavy atom. The second-order valence-electron chi connectivity index (χ2n) is 7.53. The van der Waals surface area contributed by atoms with Gasteiger partial charge in [0.15, 0.2) is 0 Å². The SMILES string of the molecule is CC(C)(C)c1cc(=O)[nH]c2cc(NC(=O)C3CC=CCC3)ccc12. The quantitative estimate of drug-likeness (QED) is 0.816. The van der Waals surface area contributed by atoms with E-state index in [1.165, 1.54) is 0 Å². The average Bonchev–Trinajstić information content (AvgIpc) is 2.53. The summed E-state index contributed by atoms with van der Waals surface area (Å²) in [5.74, 6) is 0.0821. The van der Waals surface area contributed by atoms with Crippen LogP contribution >= 0.6 is 0 Å². The number of carbonyl (C=O) groups is 1. The molecule has 3 rings (SSSR count). The molecule has 1 unspecified atom stereocenters. The second-order valence-corrected chi connectivity index (χ2v) is 7.53. The van der Waals surface area contributed by atoms with Crippen LogP contribution in [0.2, 0.25) is 0 Å². The summed E-state index contributed by atoms with van der Waals surface area (Å²) >= 11 is 0. The van der Waals surface area contributed by atoms with Crippen molar-refractivity contribution in [3.05, 3.63) is 52.3 Å². The summed E-state index contributed by atoms with van der Waals surface area (Å²) in [6.07, 6.45) is 6.84. The molecule has 2 N–H and O–H groups in total. The van der Waals surface area contributed by atoms with Gasteiger partial charge in [0, 0.05) is 23.1 Å². The third-order valence-electron chi connectivity index (χ3n) is 4.56. The van der Waals surface area contributed by atoms with E-state index >= 15 is 0 Å². The zero-order valence-electron chi connectivity index (χ0n) is 14.5. The van der Waals surface area contributed by atoms with Crippen molar-refractivity contribution in [1.82, 2.24) is 4.98 Å². The number of hydrogen-bond donors (Lipinski definition) is 2. The molecule has 1 aromatic heterocycles. The summed E-state index contributed by atoms with van der Waals surface area (Å²) in [7, 11) is 0. The first-order valence-corrected chi connectivity index (χ1v) is 8.48. The first-order chi connectivity index (χ1) is 11.3. The molecule has 0 saturated carbocycles. The molecule has 4 nitrogen and oxygen atoms in total. The highest BCUT2D eigenvalue weighted by Crippen LogP contribution is 2.29. The van der Waals surface area contributed by atoms with Crippen LogP contribution in [0, 0.1) is 5.92 Å². The molecule has 0 fully saturated rings. The van der Waals surface area contributed by atoms with Crippen LogP contribution in [0.3, 0.4) is 0 Å². The number of fused-ring (bicyclic) bond motifs is 1. The molecule has 4 heteroatoms. The number of rotatable bonds is 2. The number of pyridine rings is 1. The summed E-state index contributed by atoms with van der Waals surface area (Å²) in [6, 6.07) is 7.40. The number of benzene rings is 1. The van der Waals surface area contributed by atoms with Crippen molar-refractivity contribution in [2.75, 3.05) is 5.32 Å². The molecule has 1 aromatic carbocycles. The van der Waals surface area contributed by atoms with Crippen molar-refractivity contribution < 1.29 is 4.79 Å². The standard InChI is InChI=1S/C20H24N2O2/c1-20(2,3)16-12-18(23)22-17-11-14(9-10-15(16)17)21-19(24)13-7-5-4-6-8-13/h4-5,9-13H,6-8H2,1-3H3,(H,21,24)(H,22,23). The van der Waals surface area contributed by atoms with E-state index < -0.39 is 0 Å². The molecule has 1 atom stereocenters. The normalized spacial score (nSPS) is 17.9. The maximum Gasteiger partial charge on any atom is 0.248 e. The molecule has 126 valence electrons. The van der Waals surface area contributed by atoms with Crippen molar-refractivity contribution >= 4 is 22.5 Å². The number of carbonyl (C=O) groups excluding carboxylic acids is 1. The summed E-state index contributed by atoms with van der Waals surface area (Å²) in [4.78, 5) is 27.2. The third kappa shape index (κ3) is 3.42. The maximum atomic E-state index is 12.4. The highest BCUT2D eigenvalue weighted by molar-refractivity contribution is 5.95. The first kappa shape index (κ1) is 16.5. The van der Waals surface area contributed by atoms with Crippen LogP contribution in [0.5, 0.6) is 0 Å². The van der Waals surface area contributed by atoms with E-state index in [-0.39, 0.29) is 22.8 Å². The van der Waals surface area contributed by atoms with Gasteiger partial charge in [-0.3, -0.25) is 9.59 Å². The number of hydrogen-bond acceptors (Lipinski definition) is 2. The van der Waals surface area contributed by atoms with Crippen molar-refractivity contribution in [2.45, 2.75) is 45.4 Å². The molecular weight excluding hydrogens is 300 g/mol. The number of aromatic nitrogens is 1. The van der Waals surface area contributed by atoms with Gasteiger partial charge >= 0.3 is 0 Å². The molecule has 24 heavy (non-hydrogen) atoms. The Morgan fingerprint density at radius 2 is 2.00 bits per heavy atom. The van der Waals surface area contributed by atoms with Crippen LogP contribution in [0.1, 0.15) is 45.6 Å². The number of anilines is 1. The van der Waals surface area contributed by atoms with E-state index in [0.717, 1.165) is 41.4 Å². The Labute approximate surface area is 142 Å². The second kappa shape index (κ2) is 6.27. The predicted molar refractivity (Wildman–Crippen MR) is 98.4 cm³/mol. The smallest absolute Gasteiger partial charge is 0.248 e. The molecule has 0 saturated heterocycles. The van der Waals surface area contributed by atoms with E-state index in [0.29, 0.717) is 0 Å². The Hall–Kier alpha value is -2.36. The molecule has 0 spiro atoms. The molecule has 1 amide bonds. The Kier molecular flexibility index (Phi) is 4.31. The summed E-state index contributed by atoms with van der Waals surface area (Å²) in [5.41, 5.74) is 2.26. The van der Waals surface area contributed by atoms with E-state index in [1.807, 2.05) is 18.2 Å². The van der Waals surface area contributed by atoms with Gasteiger partial charge in [-0.1, -0.05) is 39.0 Å². The number of aromatic amines is 1. The fourth-order valence-electron chi connectivity index (χ4n) is 3.23. The van der Waals surface area contributed by atoms with Crippen LogP contribution in [0.15, 0.2) is 41.2 Å². The van der Waals surface area contributed by atoms with Crippen molar-refractivity contribution in [3.63, 3.8) is 0 Å². The minimum absolute atomic E-state index is 0.0330. The number of allylic oxidation sites excluding steroid dienone is 2. The Bertz CT molecular complexity index is 856. The third-order valence-corrected chi connectivity index (χ3v) is 4.56. The number of nitrogens with one attached hydrogen (secondary N) is 2. The summed E-state index contributed by atoms with van der Waals surface area (Å²) < 4.78 is 0. The molecule has 1 heterocycles. The lowest BCUT2D eigenvalue weighted by molar-refractivity contribution is -0.120. The van der Waals surface area contributed by atoms with Gasteiger partial charge in [0.1, 0.15) is 0 Å². The lowest BCUT2D eigenvalue weighted by Gasteiger charge is -2.21. The van der Waals surface area contributed by atoms with Crippen LogP contribution in [-0.4, -0.2) is 10.9 Å². The monoisotopic (exact) mass is 324 g/mol. The summed E-state index contributed by atoms with van der Waals surface area (Å²) in [6.45, 7) is 6.27. The highest BCUT2D eigenvalue weighted by Gasteiger charge is 2.20. The zero-order valence-corrected chi connectivity index (χ0v) is 14.5. The summed E-state index contributed by atoms with van der Waals surface area (Å²) in [5, 5.41) is 4.00.